The summed E-state index contributed by atoms with van der Waals surface area (Å²) in [6.07, 6.45) is 3.28. The Hall–Kier alpha value is -1.35. The zero-order valence-corrected chi connectivity index (χ0v) is 9.49. The van der Waals surface area contributed by atoms with Gasteiger partial charge in [-0.25, -0.2) is 4.79 Å². The molecule has 2 rings (SSSR count). The van der Waals surface area contributed by atoms with Crippen molar-refractivity contribution >= 4 is 5.97 Å². The Morgan fingerprint density at radius 3 is 3.06 bits per heavy atom. The minimum Gasteiger partial charge on any atom is -0.478 e. The number of aryl methyl sites for hydroxylation is 1. The summed E-state index contributed by atoms with van der Waals surface area (Å²) >= 11 is 0. The third-order valence-corrected chi connectivity index (χ3v) is 3.15. The maximum Gasteiger partial charge on any atom is 0.335 e. The highest BCUT2D eigenvalue weighted by molar-refractivity contribution is 5.87. The van der Waals surface area contributed by atoms with Gasteiger partial charge in [-0.05, 0) is 49.1 Å². The fraction of sp³-hybridized carbons (Fsp3) is 0.462. The first-order valence-electron chi connectivity index (χ1n) is 5.82. The Morgan fingerprint density at radius 1 is 1.56 bits per heavy atom. The summed E-state index contributed by atoms with van der Waals surface area (Å²) in [6, 6.07) is 5.89. The average molecular weight is 219 g/mol. The highest BCUT2D eigenvalue weighted by Crippen LogP contribution is 2.30. The largest absolute Gasteiger partial charge is 0.478 e. The van der Waals surface area contributed by atoms with Crippen molar-refractivity contribution in [1.82, 2.24) is 5.32 Å². The molecule has 1 atom stereocenters. The maximum atomic E-state index is 10.9. The molecule has 0 bridgehead atoms. The van der Waals surface area contributed by atoms with Crippen molar-refractivity contribution in [2.24, 2.45) is 0 Å². The summed E-state index contributed by atoms with van der Waals surface area (Å²) in [7, 11) is 0. The number of hydrogen-bond acceptors (Lipinski definition) is 2. The van der Waals surface area contributed by atoms with E-state index in [0.717, 1.165) is 25.8 Å². The van der Waals surface area contributed by atoms with Crippen LogP contribution in [0.25, 0.3) is 0 Å². The first kappa shape index (κ1) is 11.1. The van der Waals surface area contributed by atoms with Crippen molar-refractivity contribution in [3.05, 3.63) is 34.9 Å². The number of hydrogen-bond donors (Lipinski definition) is 2. The van der Waals surface area contributed by atoms with Gasteiger partial charge in [-0.3, -0.25) is 0 Å². The monoisotopic (exact) mass is 219 g/mol. The normalized spacial score (nSPS) is 19.2. The molecule has 16 heavy (non-hydrogen) atoms. The second-order valence-corrected chi connectivity index (χ2v) is 4.22. The molecule has 0 fully saturated rings. The molecule has 1 aromatic carbocycles. The van der Waals surface area contributed by atoms with Gasteiger partial charge in [0.1, 0.15) is 0 Å². The molecule has 1 aromatic rings. The minimum atomic E-state index is -0.839. The molecule has 0 aromatic heterocycles. The van der Waals surface area contributed by atoms with Crippen molar-refractivity contribution in [3.63, 3.8) is 0 Å². The molecular weight excluding hydrogens is 202 g/mol. The van der Waals surface area contributed by atoms with Gasteiger partial charge in [-0.15, -0.1) is 0 Å². The number of fused-ring (bicyclic) bond motifs is 1. The zero-order valence-electron chi connectivity index (χ0n) is 9.49. The number of rotatable bonds is 3. The quantitative estimate of drug-likeness (QED) is 0.820. The highest BCUT2D eigenvalue weighted by Gasteiger charge is 2.20. The van der Waals surface area contributed by atoms with Crippen LogP contribution in [-0.4, -0.2) is 17.6 Å². The summed E-state index contributed by atoms with van der Waals surface area (Å²) in [6.45, 7) is 3.05. The number of carboxylic acids is 1. The van der Waals surface area contributed by atoms with Crippen LogP contribution in [0, 0.1) is 0 Å². The van der Waals surface area contributed by atoms with E-state index in [4.69, 9.17) is 5.11 Å². The highest BCUT2D eigenvalue weighted by atomic mass is 16.4. The number of carbonyl (C=O) groups is 1. The van der Waals surface area contributed by atoms with E-state index in [2.05, 4.69) is 12.2 Å². The lowest BCUT2D eigenvalue weighted by atomic mass is 9.86. The number of nitrogens with one attached hydrogen (secondary N) is 1. The van der Waals surface area contributed by atoms with E-state index in [0.29, 0.717) is 11.6 Å². The molecular formula is C13H17NO2. The summed E-state index contributed by atoms with van der Waals surface area (Å²) < 4.78 is 0. The fourth-order valence-corrected chi connectivity index (χ4v) is 2.41. The van der Waals surface area contributed by atoms with E-state index >= 15 is 0 Å². The lowest BCUT2D eigenvalue weighted by Crippen LogP contribution is -2.25. The standard InChI is InChI=1S/C13H17NO2/c1-2-14-12-5-3-4-9-8-10(13(15)16)6-7-11(9)12/h6-8,12,14H,2-5H2,1H3,(H,15,16). The lowest BCUT2D eigenvalue weighted by molar-refractivity contribution is 0.0696. The van der Waals surface area contributed by atoms with Crippen LogP contribution in [0.2, 0.25) is 0 Å². The Bertz CT molecular complexity index is 401. The predicted octanol–water partition coefficient (Wildman–Crippen LogP) is 2.37. The fourth-order valence-electron chi connectivity index (χ4n) is 2.41. The van der Waals surface area contributed by atoms with Gasteiger partial charge >= 0.3 is 5.97 Å². The molecule has 1 aliphatic carbocycles. The molecule has 0 saturated heterocycles. The third-order valence-electron chi connectivity index (χ3n) is 3.15. The number of aromatic carboxylic acids is 1. The zero-order chi connectivity index (χ0) is 11.5. The van der Waals surface area contributed by atoms with E-state index in [1.807, 2.05) is 12.1 Å². The van der Waals surface area contributed by atoms with Gasteiger partial charge in [0.2, 0.25) is 0 Å². The van der Waals surface area contributed by atoms with Crippen LogP contribution in [0.3, 0.4) is 0 Å². The predicted molar refractivity (Wildman–Crippen MR) is 62.8 cm³/mol. The van der Waals surface area contributed by atoms with Gasteiger partial charge in [-0.2, -0.15) is 0 Å². The maximum absolute atomic E-state index is 10.9. The summed E-state index contributed by atoms with van der Waals surface area (Å²) in [5, 5.41) is 12.4. The van der Waals surface area contributed by atoms with Gasteiger partial charge in [0.15, 0.2) is 0 Å². The average Bonchev–Trinajstić information content (AvgIpc) is 2.29. The molecule has 1 aliphatic rings. The number of benzene rings is 1. The van der Waals surface area contributed by atoms with E-state index in [9.17, 15) is 4.79 Å². The summed E-state index contributed by atoms with van der Waals surface area (Å²) in [4.78, 5) is 10.9. The Morgan fingerprint density at radius 2 is 2.38 bits per heavy atom. The SMILES string of the molecule is CCNC1CCCc2cc(C(=O)O)ccc21. The van der Waals surface area contributed by atoms with Crippen LogP contribution in [0.4, 0.5) is 0 Å². The smallest absolute Gasteiger partial charge is 0.335 e. The van der Waals surface area contributed by atoms with Gasteiger partial charge < -0.3 is 10.4 Å². The molecule has 0 heterocycles. The Labute approximate surface area is 95.5 Å². The van der Waals surface area contributed by atoms with Crippen molar-refractivity contribution in [3.8, 4) is 0 Å². The number of carboxylic acid groups (broad SMARTS) is 1. The Balaban J connectivity index is 2.32. The molecule has 0 aliphatic heterocycles. The van der Waals surface area contributed by atoms with Crippen LogP contribution in [-0.2, 0) is 6.42 Å². The van der Waals surface area contributed by atoms with Crippen LogP contribution < -0.4 is 5.32 Å². The van der Waals surface area contributed by atoms with E-state index in [-0.39, 0.29) is 0 Å². The van der Waals surface area contributed by atoms with Crippen molar-refractivity contribution < 1.29 is 9.90 Å². The summed E-state index contributed by atoms with van der Waals surface area (Å²) in [5.41, 5.74) is 2.87. The molecule has 86 valence electrons. The van der Waals surface area contributed by atoms with Gasteiger partial charge in [0.25, 0.3) is 0 Å². The molecule has 0 spiro atoms. The van der Waals surface area contributed by atoms with Crippen LogP contribution in [0.1, 0.15) is 47.3 Å². The Kier molecular flexibility index (Phi) is 3.25. The third kappa shape index (κ3) is 2.09. The molecule has 1 unspecified atom stereocenters. The second-order valence-electron chi connectivity index (χ2n) is 4.22. The molecule has 2 N–H and O–H groups in total. The van der Waals surface area contributed by atoms with Crippen molar-refractivity contribution in [1.29, 1.82) is 0 Å². The second kappa shape index (κ2) is 4.66. The molecule has 0 saturated carbocycles. The molecule has 3 heteroatoms. The lowest BCUT2D eigenvalue weighted by Gasteiger charge is -2.26. The van der Waals surface area contributed by atoms with Crippen molar-refractivity contribution in [2.45, 2.75) is 32.2 Å². The topological polar surface area (TPSA) is 49.3 Å². The van der Waals surface area contributed by atoms with E-state index < -0.39 is 5.97 Å². The van der Waals surface area contributed by atoms with Crippen LogP contribution in [0.5, 0.6) is 0 Å². The summed E-state index contributed by atoms with van der Waals surface area (Å²) in [5.74, 6) is -0.839. The molecule has 0 radical (unpaired) electrons. The van der Waals surface area contributed by atoms with Crippen LogP contribution in [0.15, 0.2) is 18.2 Å². The minimum absolute atomic E-state index is 0.399. The molecule has 0 amide bonds. The first-order chi connectivity index (χ1) is 7.72. The first-order valence-corrected chi connectivity index (χ1v) is 5.82. The van der Waals surface area contributed by atoms with E-state index in [1.54, 1.807) is 6.07 Å². The van der Waals surface area contributed by atoms with Gasteiger partial charge in [0, 0.05) is 6.04 Å². The van der Waals surface area contributed by atoms with Crippen LogP contribution >= 0.6 is 0 Å². The molecule has 3 nitrogen and oxygen atoms in total. The van der Waals surface area contributed by atoms with E-state index in [1.165, 1.54) is 11.1 Å². The van der Waals surface area contributed by atoms with Gasteiger partial charge in [0.05, 0.1) is 5.56 Å². The van der Waals surface area contributed by atoms with Crippen molar-refractivity contribution in [2.75, 3.05) is 6.54 Å². The van der Waals surface area contributed by atoms with Gasteiger partial charge in [-0.1, -0.05) is 13.0 Å².